The van der Waals surface area contributed by atoms with Crippen LogP contribution in [0.4, 0.5) is 0 Å². The Bertz CT molecular complexity index is 1070. The first kappa shape index (κ1) is 24.1. The molecule has 180 valence electrons. The molecule has 2 aromatic carbocycles. The van der Waals surface area contributed by atoms with Crippen molar-refractivity contribution in [2.75, 3.05) is 33.2 Å². The molecule has 2 aromatic rings. The smallest absolute Gasteiger partial charge is 0.303 e. The average Bonchev–Trinajstić information content (AvgIpc) is 2.85. The lowest BCUT2D eigenvalue weighted by atomic mass is 9.66. The van der Waals surface area contributed by atoms with Crippen molar-refractivity contribution in [2.24, 2.45) is 16.8 Å². The number of likely N-dealkylation sites (N-methyl/N-ethyl adjacent to an activating group) is 1. The predicted octanol–water partition coefficient (Wildman–Crippen LogP) is 3.10. The number of piperazine rings is 1. The number of carbonyl (C=O) groups is 2. The molecule has 1 aliphatic carbocycles. The Morgan fingerprint density at radius 2 is 1.79 bits per heavy atom. The van der Waals surface area contributed by atoms with Crippen LogP contribution in [0.3, 0.4) is 0 Å². The Hall–Kier alpha value is -3.03. The average molecular weight is 463 g/mol. The number of hydrogen-bond donors (Lipinski definition) is 2. The van der Waals surface area contributed by atoms with E-state index in [2.05, 4.69) is 22.1 Å². The second-order valence-corrected chi connectivity index (χ2v) is 9.55. The van der Waals surface area contributed by atoms with Crippen LogP contribution in [-0.4, -0.2) is 66.2 Å². The molecule has 1 aliphatic heterocycles. The van der Waals surface area contributed by atoms with Crippen LogP contribution in [-0.2, 0) is 16.8 Å². The molecule has 2 unspecified atom stereocenters. The molecule has 4 rings (SSSR count). The molecular formula is C27H34N4O3. The molecule has 1 saturated heterocycles. The number of hydrazone groups is 1. The number of nitrogens with two attached hydrogens (primary N) is 1. The number of carboxylic acids is 1. The quantitative estimate of drug-likeness (QED) is 0.485. The van der Waals surface area contributed by atoms with Crippen molar-refractivity contribution in [3.05, 3.63) is 70.3 Å². The Labute approximate surface area is 201 Å². The fraction of sp³-hybridized carbons (Fsp3) is 0.444. The van der Waals surface area contributed by atoms with E-state index in [-0.39, 0.29) is 18.1 Å². The van der Waals surface area contributed by atoms with Gasteiger partial charge in [0.25, 0.3) is 0 Å². The number of benzene rings is 2. The molecule has 1 fully saturated rings. The lowest BCUT2D eigenvalue weighted by molar-refractivity contribution is -0.139. The lowest BCUT2D eigenvalue weighted by Gasteiger charge is -2.42. The number of aryl methyl sites for hydroxylation is 1. The molecule has 2 atom stereocenters. The first-order valence-corrected chi connectivity index (χ1v) is 12.1. The third kappa shape index (κ3) is 5.05. The van der Waals surface area contributed by atoms with E-state index in [0.717, 1.165) is 55.7 Å². The van der Waals surface area contributed by atoms with Crippen LogP contribution in [0.2, 0.25) is 0 Å². The minimum Gasteiger partial charge on any atom is -0.481 e. The summed E-state index contributed by atoms with van der Waals surface area (Å²) >= 11 is 0. The number of aliphatic carboxylic acids is 1. The molecule has 7 heteroatoms. The van der Waals surface area contributed by atoms with E-state index < -0.39 is 11.5 Å². The number of fused-ring (bicyclic) bond motifs is 1. The summed E-state index contributed by atoms with van der Waals surface area (Å²) in [6.45, 7) is 5.82. The lowest BCUT2D eigenvalue weighted by Crippen LogP contribution is -2.47. The molecule has 2 aliphatic rings. The summed E-state index contributed by atoms with van der Waals surface area (Å²) in [5.74, 6) is -1.05. The zero-order valence-corrected chi connectivity index (χ0v) is 20.0. The van der Waals surface area contributed by atoms with E-state index >= 15 is 0 Å². The van der Waals surface area contributed by atoms with Gasteiger partial charge in [-0.3, -0.25) is 14.6 Å². The second-order valence-electron chi connectivity index (χ2n) is 9.55. The van der Waals surface area contributed by atoms with Crippen LogP contribution < -0.4 is 5.73 Å². The highest BCUT2D eigenvalue weighted by atomic mass is 16.4. The van der Waals surface area contributed by atoms with Crippen molar-refractivity contribution in [1.82, 2.24) is 9.91 Å². The highest BCUT2D eigenvalue weighted by Gasteiger charge is 2.41. The maximum Gasteiger partial charge on any atom is 0.303 e. The van der Waals surface area contributed by atoms with Gasteiger partial charge in [0.2, 0.25) is 0 Å². The second kappa shape index (κ2) is 10.1. The molecule has 3 N–H and O–H groups in total. The van der Waals surface area contributed by atoms with Crippen molar-refractivity contribution < 1.29 is 14.7 Å². The fourth-order valence-corrected chi connectivity index (χ4v) is 5.10. The zero-order valence-electron chi connectivity index (χ0n) is 20.0. The maximum atomic E-state index is 13.3. The molecule has 1 heterocycles. The molecule has 0 radical (unpaired) electrons. The Balaban J connectivity index is 1.51. The first-order valence-electron chi connectivity index (χ1n) is 12.1. The van der Waals surface area contributed by atoms with E-state index in [4.69, 9.17) is 5.73 Å². The highest BCUT2D eigenvalue weighted by molar-refractivity contribution is 6.09. The van der Waals surface area contributed by atoms with E-state index in [1.54, 1.807) is 0 Å². The van der Waals surface area contributed by atoms with Gasteiger partial charge in [-0.1, -0.05) is 43.3 Å². The van der Waals surface area contributed by atoms with Crippen LogP contribution >= 0.6 is 0 Å². The van der Waals surface area contributed by atoms with Crippen LogP contribution in [0, 0.1) is 5.92 Å². The topological polar surface area (TPSA) is 99.2 Å². The van der Waals surface area contributed by atoms with Crippen LogP contribution in [0.1, 0.15) is 58.8 Å². The Kier molecular flexibility index (Phi) is 7.14. The molecule has 0 saturated carbocycles. The van der Waals surface area contributed by atoms with Gasteiger partial charge in [0.1, 0.15) is 0 Å². The van der Waals surface area contributed by atoms with Crippen LogP contribution in [0.5, 0.6) is 0 Å². The van der Waals surface area contributed by atoms with Crippen molar-refractivity contribution in [2.45, 2.75) is 38.1 Å². The van der Waals surface area contributed by atoms with Gasteiger partial charge in [-0.2, -0.15) is 5.10 Å². The van der Waals surface area contributed by atoms with Crippen LogP contribution in [0.25, 0.3) is 0 Å². The van der Waals surface area contributed by atoms with E-state index in [9.17, 15) is 14.7 Å². The van der Waals surface area contributed by atoms with Crippen molar-refractivity contribution in [1.29, 1.82) is 0 Å². The summed E-state index contributed by atoms with van der Waals surface area (Å²) in [5, 5.41) is 16.0. The maximum absolute atomic E-state index is 13.3. The van der Waals surface area contributed by atoms with Gasteiger partial charge in [-0.25, -0.2) is 0 Å². The molecular weight excluding hydrogens is 428 g/mol. The van der Waals surface area contributed by atoms with Gasteiger partial charge in [-0.15, -0.1) is 0 Å². The summed E-state index contributed by atoms with van der Waals surface area (Å²) in [5.41, 5.74) is 10.2. The van der Waals surface area contributed by atoms with Crippen molar-refractivity contribution >= 4 is 18.0 Å². The number of nitrogens with zero attached hydrogens (tertiary/aromatic N) is 3. The standard InChI is InChI=1S/C27H34N4O3/c1-3-27(28)23(17-25(32)33)11-10-20-8-9-22(16-24(20)27)26(34)21-6-4-19(5-7-21)18-29-31-14-12-30(2)13-15-31/h4-9,16,18,23H,3,10-15,17,28H2,1-2H3,(H,32,33). The summed E-state index contributed by atoms with van der Waals surface area (Å²) in [4.78, 5) is 26.9. The molecule has 0 aromatic heterocycles. The molecule has 0 amide bonds. The van der Waals surface area contributed by atoms with Gasteiger partial charge in [0.15, 0.2) is 5.78 Å². The SMILES string of the molecule is CCC1(N)c2cc(C(=O)c3ccc(C=NN4CCN(C)CC4)cc3)ccc2CCC1CC(=O)O. The monoisotopic (exact) mass is 462 g/mol. The minimum absolute atomic E-state index is 0.0408. The third-order valence-corrected chi connectivity index (χ3v) is 7.39. The van der Waals surface area contributed by atoms with E-state index in [1.807, 2.05) is 55.6 Å². The number of hydrogen-bond acceptors (Lipinski definition) is 6. The van der Waals surface area contributed by atoms with Gasteiger partial charge in [0.05, 0.1) is 12.6 Å². The van der Waals surface area contributed by atoms with Gasteiger partial charge in [-0.05, 0) is 55.0 Å². The van der Waals surface area contributed by atoms with E-state index in [0.29, 0.717) is 17.5 Å². The molecule has 34 heavy (non-hydrogen) atoms. The number of carboxylic acid groups (broad SMARTS) is 1. The molecule has 0 bridgehead atoms. The number of rotatable bonds is 7. The zero-order chi connectivity index (χ0) is 24.3. The van der Waals surface area contributed by atoms with Crippen LogP contribution in [0.15, 0.2) is 47.6 Å². The normalized spacial score (nSPS) is 23.1. The number of ketones is 1. The predicted molar refractivity (Wildman–Crippen MR) is 133 cm³/mol. The van der Waals surface area contributed by atoms with Crippen molar-refractivity contribution in [3.8, 4) is 0 Å². The number of carbonyl (C=O) groups excluding carboxylic acids is 1. The van der Waals surface area contributed by atoms with Gasteiger partial charge >= 0.3 is 5.97 Å². The summed E-state index contributed by atoms with van der Waals surface area (Å²) < 4.78 is 0. The largest absolute Gasteiger partial charge is 0.481 e. The minimum atomic E-state index is -0.833. The summed E-state index contributed by atoms with van der Waals surface area (Å²) in [6, 6.07) is 13.2. The fourth-order valence-electron chi connectivity index (χ4n) is 5.10. The summed E-state index contributed by atoms with van der Waals surface area (Å²) in [6.07, 6.45) is 4.03. The summed E-state index contributed by atoms with van der Waals surface area (Å²) in [7, 11) is 2.11. The van der Waals surface area contributed by atoms with Gasteiger partial charge in [0, 0.05) is 42.8 Å². The third-order valence-electron chi connectivity index (χ3n) is 7.39. The van der Waals surface area contributed by atoms with Crippen molar-refractivity contribution in [3.63, 3.8) is 0 Å². The molecule has 0 spiro atoms. The first-order chi connectivity index (χ1) is 16.3. The Morgan fingerprint density at radius 3 is 2.44 bits per heavy atom. The molecule has 7 nitrogen and oxygen atoms in total. The Morgan fingerprint density at radius 1 is 1.12 bits per heavy atom. The van der Waals surface area contributed by atoms with Gasteiger partial charge < -0.3 is 15.7 Å². The van der Waals surface area contributed by atoms with E-state index in [1.165, 1.54) is 0 Å². The highest BCUT2D eigenvalue weighted by Crippen LogP contribution is 2.42.